The van der Waals surface area contributed by atoms with Crippen LogP contribution in [0, 0.1) is 6.92 Å². The maximum absolute atomic E-state index is 11.8. The fourth-order valence-corrected chi connectivity index (χ4v) is 2.48. The summed E-state index contributed by atoms with van der Waals surface area (Å²) in [4.78, 5) is 0.181. The minimum Gasteiger partial charge on any atom is -0.364 e. The fraction of sp³-hybridized carbons (Fsp3) is 0.500. The maximum Gasteiger partial charge on any atom is 0.297 e. The Hall–Kier alpha value is -0.910. The number of hydrogen-bond acceptors (Lipinski definition) is 4. The Bertz CT molecular complexity index is 506. The molecule has 0 amide bonds. The lowest BCUT2D eigenvalue weighted by Crippen LogP contribution is -2.20. The summed E-state index contributed by atoms with van der Waals surface area (Å²) in [5.41, 5.74) is 0.549. The van der Waals surface area contributed by atoms with Crippen LogP contribution in [0.2, 0.25) is 0 Å². The Kier molecular flexibility index (Phi) is 3.01. The first-order valence-corrected chi connectivity index (χ1v) is 6.88. The van der Waals surface area contributed by atoms with Crippen molar-refractivity contribution in [1.82, 2.24) is 0 Å². The third-order valence-corrected chi connectivity index (χ3v) is 4.34. The van der Waals surface area contributed by atoms with Gasteiger partial charge in [0.15, 0.2) is 0 Å². The van der Waals surface area contributed by atoms with Gasteiger partial charge in [-0.3, -0.25) is 4.18 Å². The van der Waals surface area contributed by atoms with Crippen LogP contribution >= 0.6 is 0 Å². The summed E-state index contributed by atoms with van der Waals surface area (Å²) in [6, 6.07) is 6.58. The molecule has 0 saturated carbocycles. The normalized spacial score (nSPS) is 28.1. The van der Waals surface area contributed by atoms with Gasteiger partial charge in [-0.05, 0) is 32.9 Å². The van der Waals surface area contributed by atoms with E-state index in [9.17, 15) is 8.42 Å². The van der Waals surface area contributed by atoms with E-state index in [0.717, 1.165) is 5.56 Å². The molecule has 0 N–H and O–H groups in total. The summed E-state index contributed by atoms with van der Waals surface area (Å²) in [6.45, 7) is 5.69. The molecule has 5 heteroatoms. The molecule has 0 spiro atoms. The van der Waals surface area contributed by atoms with Gasteiger partial charge in [-0.25, -0.2) is 0 Å². The highest BCUT2D eigenvalue weighted by Gasteiger charge is 2.50. The number of benzene rings is 1. The zero-order valence-electron chi connectivity index (χ0n) is 10.1. The van der Waals surface area contributed by atoms with Crippen molar-refractivity contribution in [3.8, 4) is 0 Å². The zero-order valence-corrected chi connectivity index (χ0v) is 11.0. The molecular weight excluding hydrogens is 240 g/mol. The molecule has 0 unspecified atom stereocenters. The SMILES string of the molecule is Cc1ccc(S(=O)(=O)OC[C@@]2(C)O[C@@H]2C)cc1. The molecule has 0 bridgehead atoms. The molecule has 1 aliphatic heterocycles. The molecule has 0 radical (unpaired) electrons. The summed E-state index contributed by atoms with van der Waals surface area (Å²) >= 11 is 0. The Labute approximate surface area is 102 Å². The van der Waals surface area contributed by atoms with Crippen LogP contribution in [-0.2, 0) is 19.0 Å². The van der Waals surface area contributed by atoms with E-state index < -0.39 is 15.7 Å². The average Bonchev–Trinajstić information content (AvgIpc) is 2.86. The van der Waals surface area contributed by atoms with Gasteiger partial charge >= 0.3 is 0 Å². The fourth-order valence-electron chi connectivity index (χ4n) is 1.49. The lowest BCUT2D eigenvalue weighted by atomic mass is 10.1. The Morgan fingerprint density at radius 2 is 1.88 bits per heavy atom. The van der Waals surface area contributed by atoms with Crippen LogP contribution in [-0.4, -0.2) is 26.7 Å². The monoisotopic (exact) mass is 256 g/mol. The van der Waals surface area contributed by atoms with Gasteiger partial charge in [0.25, 0.3) is 10.1 Å². The maximum atomic E-state index is 11.8. The van der Waals surface area contributed by atoms with Gasteiger partial charge in [0.2, 0.25) is 0 Å². The molecule has 0 aliphatic carbocycles. The minimum absolute atomic E-state index is 0.0516. The molecule has 17 heavy (non-hydrogen) atoms. The van der Waals surface area contributed by atoms with Crippen molar-refractivity contribution < 1.29 is 17.3 Å². The van der Waals surface area contributed by atoms with E-state index in [1.54, 1.807) is 24.3 Å². The van der Waals surface area contributed by atoms with Gasteiger partial charge in [-0.2, -0.15) is 8.42 Å². The average molecular weight is 256 g/mol. The van der Waals surface area contributed by atoms with Crippen molar-refractivity contribution in [2.45, 2.75) is 37.4 Å². The minimum atomic E-state index is -3.67. The molecular formula is C12H16O4S. The van der Waals surface area contributed by atoms with Crippen molar-refractivity contribution >= 4 is 10.1 Å². The van der Waals surface area contributed by atoms with Crippen LogP contribution in [0.4, 0.5) is 0 Å². The zero-order chi connectivity index (χ0) is 12.7. The molecule has 94 valence electrons. The van der Waals surface area contributed by atoms with Crippen LogP contribution < -0.4 is 0 Å². The van der Waals surface area contributed by atoms with Gasteiger partial charge in [-0.1, -0.05) is 17.7 Å². The van der Waals surface area contributed by atoms with E-state index in [1.807, 2.05) is 20.8 Å². The number of rotatable bonds is 4. The van der Waals surface area contributed by atoms with Gasteiger partial charge in [0.1, 0.15) is 5.60 Å². The van der Waals surface area contributed by atoms with Crippen LogP contribution in [0.3, 0.4) is 0 Å². The molecule has 1 saturated heterocycles. The summed E-state index contributed by atoms with van der Waals surface area (Å²) in [5.74, 6) is 0. The molecule has 1 aromatic rings. The molecule has 2 rings (SSSR count). The van der Waals surface area contributed by atoms with Crippen LogP contribution in [0.5, 0.6) is 0 Å². The van der Waals surface area contributed by atoms with E-state index in [0.29, 0.717) is 0 Å². The van der Waals surface area contributed by atoms with Gasteiger partial charge in [-0.15, -0.1) is 0 Å². The predicted octanol–water partition coefficient (Wildman–Crippen LogP) is 1.88. The van der Waals surface area contributed by atoms with Crippen LogP contribution in [0.1, 0.15) is 19.4 Å². The van der Waals surface area contributed by atoms with Crippen molar-refractivity contribution in [2.24, 2.45) is 0 Å². The second kappa shape index (κ2) is 4.08. The second-order valence-electron chi connectivity index (χ2n) is 4.60. The summed E-state index contributed by atoms with van der Waals surface area (Å²) in [7, 11) is -3.67. The van der Waals surface area contributed by atoms with Crippen molar-refractivity contribution in [3.05, 3.63) is 29.8 Å². The molecule has 1 aromatic carbocycles. The third kappa shape index (κ3) is 2.68. The van der Waals surface area contributed by atoms with E-state index in [-0.39, 0.29) is 17.6 Å². The van der Waals surface area contributed by atoms with Crippen molar-refractivity contribution in [2.75, 3.05) is 6.61 Å². The largest absolute Gasteiger partial charge is 0.364 e. The topological polar surface area (TPSA) is 55.9 Å². The summed E-state index contributed by atoms with van der Waals surface area (Å²) in [5, 5.41) is 0. The number of aryl methyl sites for hydroxylation is 1. The molecule has 0 aromatic heterocycles. The third-order valence-electron chi connectivity index (χ3n) is 3.06. The summed E-state index contributed by atoms with van der Waals surface area (Å²) < 4.78 is 34.0. The Balaban J connectivity index is 2.06. The summed E-state index contributed by atoms with van der Waals surface area (Å²) in [6.07, 6.45) is 0.0516. The quantitative estimate of drug-likeness (QED) is 0.609. The lowest BCUT2D eigenvalue weighted by molar-refractivity contribution is 0.206. The molecule has 1 heterocycles. The van der Waals surface area contributed by atoms with Crippen LogP contribution in [0.25, 0.3) is 0 Å². The standard InChI is InChI=1S/C12H16O4S/c1-9-4-6-11(7-5-9)17(13,14)15-8-12(3)10(2)16-12/h4-7,10H,8H2,1-3H3/t10-,12-/m1/s1. The molecule has 2 atom stereocenters. The van der Waals surface area contributed by atoms with Gasteiger partial charge < -0.3 is 4.74 Å². The Morgan fingerprint density at radius 1 is 1.35 bits per heavy atom. The first-order valence-electron chi connectivity index (χ1n) is 5.47. The molecule has 1 aliphatic rings. The van der Waals surface area contributed by atoms with E-state index >= 15 is 0 Å². The predicted molar refractivity (Wildman–Crippen MR) is 63.3 cm³/mol. The molecule has 4 nitrogen and oxygen atoms in total. The number of hydrogen-bond donors (Lipinski definition) is 0. The first-order chi connectivity index (χ1) is 7.83. The first kappa shape index (κ1) is 12.5. The highest BCUT2D eigenvalue weighted by atomic mass is 32.2. The van der Waals surface area contributed by atoms with Crippen molar-refractivity contribution in [3.63, 3.8) is 0 Å². The highest BCUT2D eigenvalue weighted by molar-refractivity contribution is 7.86. The smallest absolute Gasteiger partial charge is 0.297 e. The lowest BCUT2D eigenvalue weighted by Gasteiger charge is -2.08. The Morgan fingerprint density at radius 3 is 2.35 bits per heavy atom. The highest BCUT2D eigenvalue weighted by Crippen LogP contribution is 2.36. The van der Waals surface area contributed by atoms with Gasteiger partial charge in [0.05, 0.1) is 17.6 Å². The number of ether oxygens (including phenoxy) is 1. The van der Waals surface area contributed by atoms with Crippen LogP contribution in [0.15, 0.2) is 29.2 Å². The van der Waals surface area contributed by atoms with Gasteiger partial charge in [0, 0.05) is 0 Å². The molecule has 1 fully saturated rings. The number of epoxide rings is 1. The van der Waals surface area contributed by atoms with Crippen molar-refractivity contribution in [1.29, 1.82) is 0 Å². The van der Waals surface area contributed by atoms with E-state index in [2.05, 4.69) is 0 Å². The van der Waals surface area contributed by atoms with E-state index in [4.69, 9.17) is 8.92 Å². The van der Waals surface area contributed by atoms with E-state index in [1.165, 1.54) is 0 Å². The second-order valence-corrected chi connectivity index (χ2v) is 6.22.